The van der Waals surface area contributed by atoms with Gasteiger partial charge < -0.3 is 14.7 Å². The first-order valence-corrected chi connectivity index (χ1v) is 6.16. The zero-order valence-electron chi connectivity index (χ0n) is 10.1. The van der Waals surface area contributed by atoms with Crippen LogP contribution in [0.15, 0.2) is 12.1 Å². The lowest BCUT2D eigenvalue weighted by Gasteiger charge is -2.24. The summed E-state index contributed by atoms with van der Waals surface area (Å²) in [6, 6.07) is 3.34. The number of rotatable bonds is 6. The van der Waals surface area contributed by atoms with Crippen molar-refractivity contribution in [2.45, 2.75) is 18.9 Å². The Morgan fingerprint density at radius 1 is 1.61 bits per heavy atom. The molecule has 1 heterocycles. The van der Waals surface area contributed by atoms with Crippen molar-refractivity contribution in [3.8, 4) is 0 Å². The maximum Gasteiger partial charge on any atom is 0.339 e. The molecule has 1 aromatic heterocycles. The third kappa shape index (κ3) is 2.91. The van der Waals surface area contributed by atoms with E-state index in [4.69, 9.17) is 16.3 Å². The second-order valence-corrected chi connectivity index (χ2v) is 4.61. The van der Waals surface area contributed by atoms with Gasteiger partial charge in [0, 0.05) is 19.7 Å². The first-order valence-electron chi connectivity index (χ1n) is 5.79. The van der Waals surface area contributed by atoms with Crippen molar-refractivity contribution in [3.05, 3.63) is 22.8 Å². The average molecular weight is 271 g/mol. The number of hydrogen-bond donors (Lipinski definition) is 1. The molecule has 1 fully saturated rings. The number of nitrogens with zero attached hydrogens (tertiary/aromatic N) is 2. The van der Waals surface area contributed by atoms with Gasteiger partial charge in [-0.1, -0.05) is 11.6 Å². The molecule has 0 aromatic carbocycles. The highest BCUT2D eigenvalue weighted by Crippen LogP contribution is 2.33. The molecule has 2 rings (SSSR count). The number of aromatic nitrogens is 1. The molecule has 0 amide bonds. The molecule has 1 saturated carbocycles. The molecule has 1 aliphatic carbocycles. The van der Waals surface area contributed by atoms with Crippen LogP contribution in [0.1, 0.15) is 23.2 Å². The molecule has 1 aliphatic rings. The van der Waals surface area contributed by atoms with E-state index in [0.717, 1.165) is 12.8 Å². The van der Waals surface area contributed by atoms with Crippen LogP contribution < -0.4 is 4.90 Å². The van der Waals surface area contributed by atoms with Gasteiger partial charge in [-0.25, -0.2) is 9.78 Å². The third-order valence-electron chi connectivity index (χ3n) is 2.87. The minimum Gasteiger partial charge on any atom is -0.478 e. The Morgan fingerprint density at radius 3 is 2.89 bits per heavy atom. The molecular formula is C12H15ClN2O3. The van der Waals surface area contributed by atoms with Crippen LogP contribution in [0.4, 0.5) is 5.82 Å². The van der Waals surface area contributed by atoms with Crippen LogP contribution in [0.25, 0.3) is 0 Å². The van der Waals surface area contributed by atoms with Gasteiger partial charge in [-0.05, 0) is 25.0 Å². The van der Waals surface area contributed by atoms with E-state index in [0.29, 0.717) is 30.2 Å². The van der Waals surface area contributed by atoms with Crippen LogP contribution in [-0.4, -0.2) is 42.4 Å². The Bertz CT molecular complexity index is 449. The fraction of sp³-hybridized carbons (Fsp3) is 0.500. The van der Waals surface area contributed by atoms with E-state index in [2.05, 4.69) is 4.98 Å². The maximum absolute atomic E-state index is 11.2. The maximum atomic E-state index is 11.2. The lowest BCUT2D eigenvalue weighted by Crippen LogP contribution is -2.31. The summed E-state index contributed by atoms with van der Waals surface area (Å²) in [6.07, 6.45) is 2.11. The van der Waals surface area contributed by atoms with Gasteiger partial charge in [-0.2, -0.15) is 0 Å². The SMILES string of the molecule is COCCN(c1nc(Cl)ccc1C(=O)O)C1CC1. The molecule has 1 N–H and O–H groups in total. The lowest BCUT2D eigenvalue weighted by atomic mass is 10.2. The molecule has 0 saturated heterocycles. The van der Waals surface area contributed by atoms with E-state index in [1.165, 1.54) is 12.1 Å². The number of carboxylic acids is 1. The second kappa shape index (κ2) is 5.54. The number of carboxylic acid groups (broad SMARTS) is 1. The predicted octanol–water partition coefficient (Wildman–Crippen LogP) is 2.05. The first kappa shape index (κ1) is 13.1. The van der Waals surface area contributed by atoms with Crippen LogP contribution >= 0.6 is 11.6 Å². The molecular weight excluding hydrogens is 256 g/mol. The van der Waals surface area contributed by atoms with E-state index in [-0.39, 0.29) is 5.56 Å². The van der Waals surface area contributed by atoms with E-state index < -0.39 is 5.97 Å². The van der Waals surface area contributed by atoms with Gasteiger partial charge in [-0.15, -0.1) is 0 Å². The van der Waals surface area contributed by atoms with Crippen molar-refractivity contribution in [1.82, 2.24) is 4.98 Å². The predicted molar refractivity (Wildman–Crippen MR) is 68.5 cm³/mol. The summed E-state index contributed by atoms with van der Waals surface area (Å²) in [5.41, 5.74) is 0.183. The Balaban J connectivity index is 2.32. The minimum atomic E-state index is -0.989. The topological polar surface area (TPSA) is 62.7 Å². The largest absolute Gasteiger partial charge is 0.478 e. The Kier molecular flexibility index (Phi) is 4.04. The monoisotopic (exact) mass is 270 g/mol. The molecule has 18 heavy (non-hydrogen) atoms. The second-order valence-electron chi connectivity index (χ2n) is 4.23. The number of methoxy groups -OCH3 is 1. The van der Waals surface area contributed by atoms with Gasteiger partial charge in [0.1, 0.15) is 16.5 Å². The van der Waals surface area contributed by atoms with Crippen molar-refractivity contribution < 1.29 is 14.6 Å². The third-order valence-corrected chi connectivity index (χ3v) is 3.08. The summed E-state index contributed by atoms with van der Waals surface area (Å²) in [6.45, 7) is 1.15. The average Bonchev–Trinajstić information content (AvgIpc) is 3.13. The first-order chi connectivity index (χ1) is 8.63. The number of pyridine rings is 1. The highest BCUT2D eigenvalue weighted by Gasteiger charge is 2.32. The Morgan fingerprint density at radius 2 is 2.33 bits per heavy atom. The van der Waals surface area contributed by atoms with Gasteiger partial charge in [-0.3, -0.25) is 0 Å². The van der Waals surface area contributed by atoms with E-state index >= 15 is 0 Å². The van der Waals surface area contributed by atoms with Crippen molar-refractivity contribution >= 4 is 23.4 Å². The van der Waals surface area contributed by atoms with Crippen LogP contribution in [0.5, 0.6) is 0 Å². The van der Waals surface area contributed by atoms with Crippen LogP contribution in [0.3, 0.4) is 0 Å². The van der Waals surface area contributed by atoms with Gasteiger partial charge in [0.2, 0.25) is 0 Å². The number of anilines is 1. The molecule has 0 radical (unpaired) electrons. The summed E-state index contributed by atoms with van der Waals surface area (Å²) < 4.78 is 5.05. The van der Waals surface area contributed by atoms with Gasteiger partial charge in [0.25, 0.3) is 0 Å². The molecule has 0 unspecified atom stereocenters. The molecule has 1 aromatic rings. The Labute approximate surface area is 110 Å². The number of aromatic carboxylic acids is 1. The molecule has 0 atom stereocenters. The van der Waals surface area contributed by atoms with Crippen LogP contribution in [0.2, 0.25) is 5.15 Å². The summed E-state index contributed by atoms with van der Waals surface area (Å²) in [5, 5.41) is 9.50. The normalized spacial score (nSPS) is 14.6. The van der Waals surface area contributed by atoms with E-state index in [9.17, 15) is 9.90 Å². The smallest absolute Gasteiger partial charge is 0.339 e. The van der Waals surface area contributed by atoms with Gasteiger partial charge >= 0.3 is 5.97 Å². The van der Waals surface area contributed by atoms with Crippen molar-refractivity contribution in [2.24, 2.45) is 0 Å². The fourth-order valence-corrected chi connectivity index (χ4v) is 1.99. The van der Waals surface area contributed by atoms with Gasteiger partial charge in [0.15, 0.2) is 0 Å². The molecule has 98 valence electrons. The lowest BCUT2D eigenvalue weighted by molar-refractivity contribution is 0.0697. The fourth-order valence-electron chi connectivity index (χ4n) is 1.85. The molecule has 6 heteroatoms. The molecule has 0 spiro atoms. The summed E-state index contributed by atoms with van der Waals surface area (Å²) in [5.74, 6) is -0.549. The zero-order valence-corrected chi connectivity index (χ0v) is 10.9. The molecule has 0 aliphatic heterocycles. The number of hydrogen-bond acceptors (Lipinski definition) is 4. The van der Waals surface area contributed by atoms with Crippen molar-refractivity contribution in [1.29, 1.82) is 0 Å². The Hall–Kier alpha value is -1.33. The number of ether oxygens (including phenoxy) is 1. The van der Waals surface area contributed by atoms with E-state index in [1.54, 1.807) is 7.11 Å². The van der Waals surface area contributed by atoms with Crippen molar-refractivity contribution in [2.75, 3.05) is 25.2 Å². The van der Waals surface area contributed by atoms with Gasteiger partial charge in [0.05, 0.1) is 6.61 Å². The molecule has 5 nitrogen and oxygen atoms in total. The van der Waals surface area contributed by atoms with Crippen molar-refractivity contribution in [3.63, 3.8) is 0 Å². The summed E-state index contributed by atoms with van der Waals surface area (Å²) >= 11 is 5.86. The van der Waals surface area contributed by atoms with E-state index in [1.807, 2.05) is 4.90 Å². The van der Waals surface area contributed by atoms with Crippen LogP contribution in [0, 0.1) is 0 Å². The highest BCUT2D eigenvalue weighted by molar-refractivity contribution is 6.29. The standard InChI is InChI=1S/C12H15ClN2O3/c1-18-7-6-15(8-2-3-8)11-9(12(16)17)4-5-10(13)14-11/h4-5,8H,2-3,6-7H2,1H3,(H,16,17). The zero-order chi connectivity index (χ0) is 13.1. The quantitative estimate of drug-likeness (QED) is 0.802. The summed E-state index contributed by atoms with van der Waals surface area (Å²) in [7, 11) is 1.62. The summed E-state index contributed by atoms with van der Waals surface area (Å²) in [4.78, 5) is 17.3. The minimum absolute atomic E-state index is 0.183. The number of halogens is 1. The van der Waals surface area contributed by atoms with Crippen LogP contribution in [-0.2, 0) is 4.74 Å². The molecule has 0 bridgehead atoms. The highest BCUT2D eigenvalue weighted by atomic mass is 35.5. The number of carbonyl (C=O) groups is 1.